The Hall–Kier alpha value is -1.40. The van der Waals surface area contributed by atoms with Crippen molar-refractivity contribution >= 4 is 33.3 Å². The number of anilines is 2. The Labute approximate surface area is 130 Å². The molecule has 0 unspecified atom stereocenters. The van der Waals surface area contributed by atoms with E-state index in [-0.39, 0.29) is 12.1 Å². The van der Waals surface area contributed by atoms with Gasteiger partial charge in [-0.15, -0.1) is 11.3 Å². The van der Waals surface area contributed by atoms with Gasteiger partial charge in [-0.2, -0.15) is 4.98 Å². The minimum absolute atomic E-state index is 0.0653. The highest BCUT2D eigenvalue weighted by molar-refractivity contribution is 7.18. The van der Waals surface area contributed by atoms with Gasteiger partial charge in [0.2, 0.25) is 5.95 Å². The molecule has 21 heavy (non-hydrogen) atoms. The van der Waals surface area contributed by atoms with Gasteiger partial charge in [0.15, 0.2) is 0 Å². The van der Waals surface area contributed by atoms with Crippen molar-refractivity contribution in [3.8, 4) is 0 Å². The first kappa shape index (κ1) is 16.0. The number of aromatic nitrogens is 2. The highest BCUT2D eigenvalue weighted by atomic mass is 32.1. The van der Waals surface area contributed by atoms with Crippen molar-refractivity contribution in [3.05, 3.63) is 10.9 Å². The van der Waals surface area contributed by atoms with Crippen LogP contribution in [0.1, 0.15) is 32.1 Å². The molecule has 0 aliphatic rings. The highest BCUT2D eigenvalue weighted by Gasteiger charge is 2.26. The topological polar surface area (TPSA) is 61.3 Å². The fraction of sp³-hybridized carbons (Fsp3) is 0.600. The van der Waals surface area contributed by atoms with E-state index in [4.69, 9.17) is 0 Å². The molecule has 0 bridgehead atoms. The van der Waals surface area contributed by atoms with E-state index in [9.17, 15) is 5.11 Å². The Bertz CT molecular complexity index is 623. The number of aliphatic hydroxyl groups is 1. The van der Waals surface area contributed by atoms with Crippen LogP contribution in [0, 0.1) is 6.92 Å². The summed E-state index contributed by atoms with van der Waals surface area (Å²) < 4.78 is 0. The number of fused-ring (bicyclic) bond motifs is 1. The molecule has 0 amide bonds. The second-order valence-electron chi connectivity index (χ2n) is 5.90. The molecule has 2 aromatic heterocycles. The van der Waals surface area contributed by atoms with E-state index < -0.39 is 0 Å². The SMILES string of the molecule is CCCNc1nc(N(C)C(C)(C)CO)c2cc(C)sc2n1. The molecule has 2 N–H and O–H groups in total. The van der Waals surface area contributed by atoms with Gasteiger partial charge in [0.1, 0.15) is 10.6 Å². The lowest BCUT2D eigenvalue weighted by atomic mass is 10.1. The van der Waals surface area contributed by atoms with E-state index in [1.807, 2.05) is 25.8 Å². The lowest BCUT2D eigenvalue weighted by Crippen LogP contribution is -2.45. The van der Waals surface area contributed by atoms with Crippen LogP contribution in [0.25, 0.3) is 10.2 Å². The van der Waals surface area contributed by atoms with Crippen molar-refractivity contribution in [3.63, 3.8) is 0 Å². The van der Waals surface area contributed by atoms with E-state index in [2.05, 4.69) is 35.2 Å². The fourth-order valence-corrected chi connectivity index (χ4v) is 2.87. The van der Waals surface area contributed by atoms with Crippen LogP contribution in [0.3, 0.4) is 0 Å². The van der Waals surface area contributed by atoms with Gasteiger partial charge < -0.3 is 15.3 Å². The molecule has 0 fully saturated rings. The predicted octanol–water partition coefficient (Wildman–Crippen LogP) is 3.03. The molecule has 0 atom stereocenters. The largest absolute Gasteiger partial charge is 0.394 e. The molecule has 0 aliphatic carbocycles. The van der Waals surface area contributed by atoms with Crippen molar-refractivity contribution in [2.45, 2.75) is 39.7 Å². The van der Waals surface area contributed by atoms with Crippen molar-refractivity contribution in [2.24, 2.45) is 0 Å². The first-order valence-electron chi connectivity index (χ1n) is 7.25. The van der Waals surface area contributed by atoms with Crippen molar-refractivity contribution in [1.29, 1.82) is 0 Å². The standard InChI is InChI=1S/C15H24N4OS/c1-6-7-16-14-17-12(19(5)15(3,4)9-20)11-8-10(2)21-13(11)18-14/h8,20H,6-7,9H2,1-5H3,(H,16,17,18). The maximum Gasteiger partial charge on any atom is 0.226 e. The van der Waals surface area contributed by atoms with Gasteiger partial charge in [-0.3, -0.25) is 0 Å². The molecular weight excluding hydrogens is 284 g/mol. The summed E-state index contributed by atoms with van der Waals surface area (Å²) in [7, 11) is 1.97. The first-order valence-corrected chi connectivity index (χ1v) is 8.07. The van der Waals surface area contributed by atoms with E-state index in [0.717, 1.165) is 29.0 Å². The van der Waals surface area contributed by atoms with Crippen LogP contribution in [0.5, 0.6) is 0 Å². The normalized spacial score (nSPS) is 11.9. The molecule has 116 valence electrons. The van der Waals surface area contributed by atoms with Gasteiger partial charge in [-0.05, 0) is 33.3 Å². The van der Waals surface area contributed by atoms with Gasteiger partial charge in [0.05, 0.1) is 17.5 Å². The number of likely N-dealkylation sites (N-methyl/N-ethyl adjacent to an activating group) is 1. The Morgan fingerprint density at radius 1 is 1.38 bits per heavy atom. The number of rotatable bonds is 6. The average Bonchev–Trinajstić information content (AvgIpc) is 2.83. The van der Waals surface area contributed by atoms with Crippen LogP contribution in [0.2, 0.25) is 0 Å². The Morgan fingerprint density at radius 3 is 2.71 bits per heavy atom. The molecule has 2 aromatic rings. The summed E-state index contributed by atoms with van der Waals surface area (Å²) in [6.45, 7) is 9.10. The van der Waals surface area contributed by atoms with Crippen LogP contribution >= 0.6 is 11.3 Å². The van der Waals surface area contributed by atoms with Crippen LogP contribution in [-0.2, 0) is 0 Å². The van der Waals surface area contributed by atoms with Crippen molar-refractivity contribution in [1.82, 2.24) is 9.97 Å². The molecule has 6 heteroatoms. The second kappa shape index (κ2) is 6.15. The number of aliphatic hydroxyl groups excluding tert-OH is 1. The zero-order valence-corrected chi connectivity index (χ0v) is 14.2. The van der Waals surface area contributed by atoms with E-state index in [0.29, 0.717) is 5.95 Å². The molecule has 0 saturated heterocycles. The van der Waals surface area contributed by atoms with E-state index in [1.165, 1.54) is 4.88 Å². The Morgan fingerprint density at radius 2 is 2.10 bits per heavy atom. The number of aryl methyl sites for hydroxylation is 1. The molecule has 0 spiro atoms. The summed E-state index contributed by atoms with van der Waals surface area (Å²) in [5, 5.41) is 13.9. The minimum atomic E-state index is -0.376. The third-order valence-corrected chi connectivity index (χ3v) is 4.59. The third-order valence-electron chi connectivity index (χ3n) is 3.64. The van der Waals surface area contributed by atoms with Crippen LogP contribution in [0.15, 0.2) is 6.07 Å². The lowest BCUT2D eigenvalue weighted by Gasteiger charge is -2.35. The number of hydrogen-bond donors (Lipinski definition) is 2. The van der Waals surface area contributed by atoms with Crippen molar-refractivity contribution in [2.75, 3.05) is 30.4 Å². The molecule has 0 radical (unpaired) electrons. The van der Waals surface area contributed by atoms with Gasteiger partial charge in [0, 0.05) is 18.5 Å². The van der Waals surface area contributed by atoms with Gasteiger partial charge >= 0.3 is 0 Å². The first-order chi connectivity index (χ1) is 9.89. The van der Waals surface area contributed by atoms with E-state index in [1.54, 1.807) is 11.3 Å². The fourth-order valence-electron chi connectivity index (χ4n) is 1.99. The van der Waals surface area contributed by atoms with Crippen LogP contribution in [-0.4, -0.2) is 40.8 Å². The molecule has 5 nitrogen and oxygen atoms in total. The Kier molecular flexibility index (Phi) is 4.68. The predicted molar refractivity (Wildman–Crippen MR) is 90.5 cm³/mol. The van der Waals surface area contributed by atoms with Gasteiger partial charge in [-0.25, -0.2) is 4.98 Å². The number of nitrogens with zero attached hydrogens (tertiary/aromatic N) is 3. The molecule has 0 aromatic carbocycles. The quantitative estimate of drug-likeness (QED) is 0.859. The number of hydrogen-bond acceptors (Lipinski definition) is 6. The summed E-state index contributed by atoms with van der Waals surface area (Å²) in [4.78, 5) is 13.5. The smallest absolute Gasteiger partial charge is 0.226 e. The monoisotopic (exact) mass is 308 g/mol. The number of thiophene rings is 1. The average molecular weight is 308 g/mol. The molecule has 0 aliphatic heterocycles. The summed E-state index contributed by atoms with van der Waals surface area (Å²) in [5.41, 5.74) is -0.376. The summed E-state index contributed by atoms with van der Waals surface area (Å²) in [6, 6.07) is 2.11. The van der Waals surface area contributed by atoms with Crippen LogP contribution < -0.4 is 10.2 Å². The minimum Gasteiger partial charge on any atom is -0.394 e. The summed E-state index contributed by atoms with van der Waals surface area (Å²) in [5.74, 6) is 1.52. The maximum atomic E-state index is 9.62. The molecular formula is C15H24N4OS. The maximum absolute atomic E-state index is 9.62. The molecule has 2 rings (SSSR count). The zero-order chi connectivity index (χ0) is 15.6. The highest BCUT2D eigenvalue weighted by Crippen LogP contribution is 2.33. The van der Waals surface area contributed by atoms with Gasteiger partial charge in [-0.1, -0.05) is 6.92 Å². The lowest BCUT2D eigenvalue weighted by molar-refractivity contribution is 0.216. The van der Waals surface area contributed by atoms with Crippen molar-refractivity contribution < 1.29 is 5.11 Å². The number of nitrogens with one attached hydrogen (secondary N) is 1. The Balaban J connectivity index is 2.53. The van der Waals surface area contributed by atoms with E-state index >= 15 is 0 Å². The molecule has 2 heterocycles. The zero-order valence-electron chi connectivity index (χ0n) is 13.4. The second-order valence-corrected chi connectivity index (χ2v) is 7.14. The van der Waals surface area contributed by atoms with Gasteiger partial charge in [0.25, 0.3) is 0 Å². The summed E-state index contributed by atoms with van der Waals surface area (Å²) in [6.07, 6.45) is 1.03. The van der Waals surface area contributed by atoms with Crippen LogP contribution in [0.4, 0.5) is 11.8 Å². The third kappa shape index (κ3) is 3.27. The molecule has 0 saturated carbocycles. The summed E-state index contributed by atoms with van der Waals surface area (Å²) >= 11 is 1.67.